The number of esters is 1. The minimum absolute atomic E-state index is 0.00995. The number of carbonyl (C=O) groups excluding carboxylic acids is 2. The predicted molar refractivity (Wildman–Crippen MR) is 143 cm³/mol. The molecule has 3 heterocycles. The molecule has 7 heteroatoms. The second-order valence-corrected chi connectivity index (χ2v) is 10.5. The van der Waals surface area contributed by atoms with Gasteiger partial charge in [-0.2, -0.15) is 0 Å². The molecule has 1 spiro atoms. The molecule has 3 aliphatic rings. The van der Waals surface area contributed by atoms with Crippen molar-refractivity contribution in [2.24, 2.45) is 5.92 Å². The number of piperidine rings is 1. The maximum atomic E-state index is 13.0. The summed E-state index contributed by atoms with van der Waals surface area (Å²) in [7, 11) is 0. The predicted octanol–water partition coefficient (Wildman–Crippen LogP) is 4.63. The Hall–Kier alpha value is -3.22. The molecular formula is C29H38N4O3. The smallest absolute Gasteiger partial charge is 0.317 e. The number of nitrogens with zero attached hydrogens (tertiary/aromatic N) is 3. The number of rotatable bonds is 7. The molecule has 0 radical (unpaired) electrons. The Morgan fingerprint density at radius 1 is 1.06 bits per heavy atom. The van der Waals surface area contributed by atoms with Gasteiger partial charge in [-0.3, -0.25) is 4.79 Å². The van der Waals surface area contributed by atoms with Gasteiger partial charge in [-0.25, -0.2) is 4.79 Å². The van der Waals surface area contributed by atoms with E-state index in [9.17, 15) is 9.59 Å². The molecule has 2 aromatic carbocycles. The Bertz CT molecular complexity index is 1090. The standard InChI is InChI=1S/C29H38N4O3/c1-4-31(5-2)23-11-12-24-21(3)25(27(34)36-26(24)19-23)13-16-33-20-29(30-28(33)35)14-17-32(18-15-29)22-9-7-6-8-10-22/h6-12,19,21,25H,4-5,13-18,20H2,1-3H3,(H,30,35). The number of fused-ring (bicyclic) bond motifs is 1. The zero-order chi connectivity index (χ0) is 25.3. The van der Waals surface area contributed by atoms with Gasteiger partial charge in [0.1, 0.15) is 5.75 Å². The van der Waals surface area contributed by atoms with Crippen LogP contribution in [0.4, 0.5) is 16.2 Å². The number of hydrogen-bond donors (Lipinski definition) is 1. The number of carbonyl (C=O) groups is 2. The van der Waals surface area contributed by atoms with Crippen molar-refractivity contribution in [3.63, 3.8) is 0 Å². The first kappa shape index (κ1) is 24.5. The number of hydrogen-bond acceptors (Lipinski definition) is 5. The van der Waals surface area contributed by atoms with Crippen LogP contribution < -0.4 is 19.9 Å². The van der Waals surface area contributed by atoms with Gasteiger partial charge in [0, 0.05) is 56.7 Å². The quantitative estimate of drug-likeness (QED) is 0.453. The monoisotopic (exact) mass is 490 g/mol. The SMILES string of the molecule is CCN(CC)c1ccc2c(c1)OC(=O)C(CCN1CC3(CCN(c4ccccc4)CC3)NC1=O)C2C. The molecule has 1 N–H and O–H groups in total. The van der Waals surface area contributed by atoms with Crippen LogP contribution in [-0.4, -0.2) is 61.7 Å². The molecule has 0 aromatic heterocycles. The summed E-state index contributed by atoms with van der Waals surface area (Å²) in [6.45, 7) is 11.3. The third-order valence-electron chi connectivity index (χ3n) is 8.44. The number of para-hydroxylation sites is 1. The van der Waals surface area contributed by atoms with Crippen LogP contribution in [0.1, 0.15) is 51.5 Å². The fourth-order valence-electron chi connectivity index (χ4n) is 6.12. The number of nitrogens with one attached hydrogen (secondary N) is 1. The summed E-state index contributed by atoms with van der Waals surface area (Å²) >= 11 is 0. The lowest BCUT2D eigenvalue weighted by molar-refractivity contribution is -0.141. The third kappa shape index (κ3) is 4.63. The normalized spacial score (nSPS) is 22.9. The summed E-state index contributed by atoms with van der Waals surface area (Å²) in [5.41, 5.74) is 3.22. The van der Waals surface area contributed by atoms with Gasteiger partial charge in [-0.05, 0) is 62.8 Å². The van der Waals surface area contributed by atoms with E-state index in [-0.39, 0.29) is 29.4 Å². The molecule has 2 fully saturated rings. The van der Waals surface area contributed by atoms with E-state index in [2.05, 4.69) is 72.3 Å². The van der Waals surface area contributed by atoms with Crippen LogP contribution in [0.3, 0.4) is 0 Å². The largest absolute Gasteiger partial charge is 0.426 e. The van der Waals surface area contributed by atoms with Crippen LogP contribution in [0.25, 0.3) is 0 Å². The van der Waals surface area contributed by atoms with Crippen molar-refractivity contribution in [2.45, 2.75) is 51.5 Å². The van der Waals surface area contributed by atoms with Crippen LogP contribution in [0.2, 0.25) is 0 Å². The average Bonchev–Trinajstić information content (AvgIpc) is 3.19. The average molecular weight is 491 g/mol. The van der Waals surface area contributed by atoms with Gasteiger partial charge in [-0.1, -0.05) is 31.2 Å². The van der Waals surface area contributed by atoms with Gasteiger partial charge in [0.15, 0.2) is 0 Å². The fourth-order valence-corrected chi connectivity index (χ4v) is 6.12. The summed E-state index contributed by atoms with van der Waals surface area (Å²) < 4.78 is 5.81. The lowest BCUT2D eigenvalue weighted by Crippen LogP contribution is -2.52. The second kappa shape index (κ2) is 10.0. The Balaban J connectivity index is 1.19. The van der Waals surface area contributed by atoms with Gasteiger partial charge in [0.25, 0.3) is 0 Å². The Labute approximate surface area is 214 Å². The molecule has 2 saturated heterocycles. The maximum Gasteiger partial charge on any atom is 0.317 e. The van der Waals surface area contributed by atoms with E-state index >= 15 is 0 Å². The van der Waals surface area contributed by atoms with Crippen LogP contribution >= 0.6 is 0 Å². The molecule has 2 amide bonds. The van der Waals surface area contributed by atoms with E-state index in [1.165, 1.54) is 5.69 Å². The van der Waals surface area contributed by atoms with Crippen molar-refractivity contribution < 1.29 is 14.3 Å². The lowest BCUT2D eigenvalue weighted by atomic mass is 9.82. The summed E-state index contributed by atoms with van der Waals surface area (Å²) in [6.07, 6.45) is 2.46. The van der Waals surface area contributed by atoms with Gasteiger partial charge in [0.05, 0.1) is 11.5 Å². The number of amides is 2. The lowest BCUT2D eigenvalue weighted by Gasteiger charge is -2.40. The van der Waals surface area contributed by atoms with Crippen LogP contribution in [0.15, 0.2) is 48.5 Å². The zero-order valence-corrected chi connectivity index (χ0v) is 21.7. The van der Waals surface area contributed by atoms with Crippen molar-refractivity contribution in [2.75, 3.05) is 49.1 Å². The van der Waals surface area contributed by atoms with E-state index in [1.54, 1.807) is 0 Å². The molecule has 2 unspecified atom stereocenters. The summed E-state index contributed by atoms with van der Waals surface area (Å²) in [4.78, 5) is 32.4. The van der Waals surface area contributed by atoms with E-state index in [0.29, 0.717) is 25.3 Å². The third-order valence-corrected chi connectivity index (χ3v) is 8.44. The van der Waals surface area contributed by atoms with Gasteiger partial charge in [0.2, 0.25) is 0 Å². The molecule has 5 rings (SSSR count). The van der Waals surface area contributed by atoms with Gasteiger partial charge in [-0.15, -0.1) is 0 Å². The number of benzene rings is 2. The van der Waals surface area contributed by atoms with Crippen molar-refractivity contribution in [1.82, 2.24) is 10.2 Å². The topological polar surface area (TPSA) is 65.1 Å². The van der Waals surface area contributed by atoms with E-state index < -0.39 is 0 Å². The van der Waals surface area contributed by atoms with E-state index in [1.807, 2.05) is 17.0 Å². The minimum atomic E-state index is -0.249. The van der Waals surface area contributed by atoms with Crippen molar-refractivity contribution in [1.29, 1.82) is 0 Å². The molecule has 2 aromatic rings. The molecule has 192 valence electrons. The summed E-state index contributed by atoms with van der Waals surface area (Å²) in [5, 5.41) is 3.28. The molecule has 36 heavy (non-hydrogen) atoms. The van der Waals surface area contributed by atoms with Crippen molar-refractivity contribution in [3.8, 4) is 5.75 Å². The molecule has 0 aliphatic carbocycles. The number of urea groups is 1. The summed E-state index contributed by atoms with van der Waals surface area (Å²) in [5.74, 6) is 0.301. The van der Waals surface area contributed by atoms with Crippen LogP contribution in [0.5, 0.6) is 5.75 Å². The molecule has 7 nitrogen and oxygen atoms in total. The Morgan fingerprint density at radius 2 is 1.78 bits per heavy atom. The van der Waals surface area contributed by atoms with Crippen molar-refractivity contribution >= 4 is 23.4 Å². The van der Waals surface area contributed by atoms with E-state index in [4.69, 9.17) is 4.74 Å². The van der Waals surface area contributed by atoms with Crippen molar-refractivity contribution in [3.05, 3.63) is 54.1 Å². The molecule has 2 atom stereocenters. The molecular weight excluding hydrogens is 452 g/mol. The second-order valence-electron chi connectivity index (χ2n) is 10.5. The van der Waals surface area contributed by atoms with Gasteiger partial charge < -0.3 is 24.8 Å². The highest BCUT2D eigenvalue weighted by Gasteiger charge is 2.45. The Kier molecular flexibility index (Phi) is 6.82. The first-order chi connectivity index (χ1) is 17.4. The first-order valence-electron chi connectivity index (χ1n) is 13.4. The van der Waals surface area contributed by atoms with Crippen LogP contribution in [0, 0.1) is 5.92 Å². The van der Waals surface area contributed by atoms with Gasteiger partial charge >= 0.3 is 12.0 Å². The minimum Gasteiger partial charge on any atom is -0.426 e. The maximum absolute atomic E-state index is 13.0. The highest BCUT2D eigenvalue weighted by molar-refractivity contribution is 5.81. The highest BCUT2D eigenvalue weighted by atomic mass is 16.5. The molecule has 0 bridgehead atoms. The molecule has 3 aliphatic heterocycles. The van der Waals surface area contributed by atoms with Crippen LogP contribution in [-0.2, 0) is 4.79 Å². The van der Waals surface area contributed by atoms with E-state index in [0.717, 1.165) is 50.3 Å². The Morgan fingerprint density at radius 3 is 2.47 bits per heavy atom. The zero-order valence-electron chi connectivity index (χ0n) is 21.7. The molecule has 0 saturated carbocycles. The number of ether oxygens (including phenoxy) is 1. The first-order valence-corrected chi connectivity index (χ1v) is 13.4. The number of anilines is 2. The summed E-state index contributed by atoms with van der Waals surface area (Å²) in [6, 6.07) is 16.7. The highest BCUT2D eigenvalue weighted by Crippen LogP contribution is 2.41. The fraction of sp³-hybridized carbons (Fsp3) is 0.517.